The number of nitrogens with zero attached hydrogens (tertiary/aromatic N) is 2. The highest BCUT2D eigenvalue weighted by Gasteiger charge is 2.06. The van der Waals surface area contributed by atoms with Crippen LogP contribution in [0.5, 0.6) is 0 Å². The molecule has 1 rings (SSSR count). The van der Waals surface area contributed by atoms with E-state index in [1.54, 1.807) is 7.11 Å². The molecule has 74 valence electrons. The first-order valence-corrected chi connectivity index (χ1v) is 5.96. The van der Waals surface area contributed by atoms with Gasteiger partial charge in [0.05, 0.1) is 29.5 Å². The molecule has 0 aliphatic rings. The van der Waals surface area contributed by atoms with Crippen LogP contribution in [0.15, 0.2) is 10.7 Å². The predicted molar refractivity (Wildman–Crippen MR) is 59.3 cm³/mol. The molecule has 1 heterocycles. The molecular weight excluding hydrogens is 300 g/mol. The number of ether oxygens (including phenoxy) is 1. The first kappa shape index (κ1) is 11.2. The summed E-state index contributed by atoms with van der Waals surface area (Å²) in [6.07, 6.45) is 2.80. The summed E-state index contributed by atoms with van der Waals surface area (Å²) in [5.41, 5.74) is 1.22. The third kappa shape index (κ3) is 3.07. The van der Waals surface area contributed by atoms with E-state index in [2.05, 4.69) is 37.0 Å². The van der Waals surface area contributed by atoms with Crippen molar-refractivity contribution in [3.8, 4) is 0 Å². The van der Waals surface area contributed by atoms with Crippen molar-refractivity contribution < 1.29 is 4.74 Å². The standard InChI is InChI=1S/C8H12Br2N2O/c1-13-5-4-12-8(2-3-9)7(10)6-11-12/h6H,2-5H2,1H3. The maximum absolute atomic E-state index is 5.00. The Morgan fingerprint density at radius 2 is 2.38 bits per heavy atom. The van der Waals surface area contributed by atoms with Gasteiger partial charge in [0.2, 0.25) is 0 Å². The molecular formula is C8H12Br2N2O. The summed E-state index contributed by atoms with van der Waals surface area (Å²) in [7, 11) is 1.70. The normalized spacial score (nSPS) is 10.7. The highest BCUT2D eigenvalue weighted by molar-refractivity contribution is 9.10. The van der Waals surface area contributed by atoms with Crippen molar-refractivity contribution in [2.75, 3.05) is 19.0 Å². The molecule has 13 heavy (non-hydrogen) atoms. The Morgan fingerprint density at radius 3 is 3.00 bits per heavy atom. The monoisotopic (exact) mass is 310 g/mol. The van der Waals surface area contributed by atoms with Crippen LogP contribution in [0.4, 0.5) is 0 Å². The zero-order chi connectivity index (χ0) is 9.68. The molecule has 0 amide bonds. The Bertz CT molecular complexity index is 263. The van der Waals surface area contributed by atoms with Crippen molar-refractivity contribution in [2.24, 2.45) is 0 Å². The minimum atomic E-state index is 0.698. The number of alkyl halides is 1. The number of rotatable bonds is 5. The van der Waals surface area contributed by atoms with Crippen LogP contribution < -0.4 is 0 Å². The number of hydrogen-bond acceptors (Lipinski definition) is 2. The Hall–Kier alpha value is 0.130. The van der Waals surface area contributed by atoms with Gasteiger partial charge in [-0.05, 0) is 15.9 Å². The minimum Gasteiger partial charge on any atom is -0.383 e. The summed E-state index contributed by atoms with van der Waals surface area (Å²) in [6, 6.07) is 0. The maximum Gasteiger partial charge on any atom is 0.0658 e. The SMILES string of the molecule is COCCn1ncc(Br)c1CCBr. The fourth-order valence-electron chi connectivity index (χ4n) is 1.10. The molecule has 0 unspecified atom stereocenters. The molecule has 0 bridgehead atoms. The number of methoxy groups -OCH3 is 1. The van der Waals surface area contributed by atoms with E-state index in [1.165, 1.54) is 5.69 Å². The van der Waals surface area contributed by atoms with Gasteiger partial charge in [0, 0.05) is 18.9 Å². The lowest BCUT2D eigenvalue weighted by molar-refractivity contribution is 0.182. The lowest BCUT2D eigenvalue weighted by Crippen LogP contribution is -2.09. The van der Waals surface area contributed by atoms with Crippen LogP contribution in [-0.4, -0.2) is 28.8 Å². The lowest BCUT2D eigenvalue weighted by Gasteiger charge is -2.05. The van der Waals surface area contributed by atoms with Crippen LogP contribution in [0.2, 0.25) is 0 Å². The number of hydrogen-bond donors (Lipinski definition) is 0. The quantitative estimate of drug-likeness (QED) is 0.780. The Balaban J connectivity index is 2.68. The molecule has 0 spiro atoms. The van der Waals surface area contributed by atoms with Gasteiger partial charge < -0.3 is 4.74 Å². The summed E-state index contributed by atoms with van der Waals surface area (Å²) in [6.45, 7) is 1.51. The first-order valence-electron chi connectivity index (χ1n) is 4.04. The Morgan fingerprint density at radius 1 is 1.62 bits per heavy atom. The molecule has 0 atom stereocenters. The lowest BCUT2D eigenvalue weighted by atomic mass is 10.3. The van der Waals surface area contributed by atoms with Crippen LogP contribution in [0.3, 0.4) is 0 Å². The molecule has 0 saturated carbocycles. The van der Waals surface area contributed by atoms with Gasteiger partial charge >= 0.3 is 0 Å². The highest BCUT2D eigenvalue weighted by atomic mass is 79.9. The number of halogens is 2. The highest BCUT2D eigenvalue weighted by Crippen LogP contribution is 2.17. The van der Waals surface area contributed by atoms with Gasteiger partial charge in [0.1, 0.15) is 0 Å². The van der Waals surface area contributed by atoms with Crippen molar-refractivity contribution >= 4 is 31.9 Å². The van der Waals surface area contributed by atoms with Gasteiger partial charge in [-0.15, -0.1) is 0 Å². The van der Waals surface area contributed by atoms with E-state index in [4.69, 9.17) is 4.74 Å². The van der Waals surface area contributed by atoms with Crippen LogP contribution in [0.1, 0.15) is 5.69 Å². The van der Waals surface area contributed by atoms with E-state index in [0.29, 0.717) is 6.61 Å². The van der Waals surface area contributed by atoms with E-state index in [1.807, 2.05) is 10.9 Å². The average molecular weight is 312 g/mol. The summed E-state index contributed by atoms with van der Waals surface area (Å²) in [5.74, 6) is 0. The molecule has 3 nitrogen and oxygen atoms in total. The smallest absolute Gasteiger partial charge is 0.0658 e. The second-order valence-corrected chi connectivity index (χ2v) is 4.24. The predicted octanol–water partition coefficient (Wildman–Crippen LogP) is 2.23. The molecule has 0 saturated heterocycles. The zero-order valence-corrected chi connectivity index (χ0v) is 10.6. The van der Waals surface area contributed by atoms with Crippen molar-refractivity contribution in [3.63, 3.8) is 0 Å². The molecule has 0 N–H and O–H groups in total. The average Bonchev–Trinajstić information content (AvgIpc) is 2.46. The molecule has 5 heteroatoms. The van der Waals surface area contributed by atoms with E-state index in [9.17, 15) is 0 Å². The van der Waals surface area contributed by atoms with Crippen LogP contribution in [0, 0.1) is 0 Å². The molecule has 0 radical (unpaired) electrons. The molecule has 0 aliphatic heterocycles. The van der Waals surface area contributed by atoms with Crippen LogP contribution in [-0.2, 0) is 17.7 Å². The number of aromatic nitrogens is 2. The fourth-order valence-corrected chi connectivity index (χ4v) is 1.97. The second-order valence-electron chi connectivity index (χ2n) is 2.59. The van der Waals surface area contributed by atoms with Gasteiger partial charge in [-0.1, -0.05) is 15.9 Å². The molecule has 1 aromatic rings. The molecule has 1 aromatic heterocycles. The van der Waals surface area contributed by atoms with Gasteiger partial charge in [-0.25, -0.2) is 0 Å². The summed E-state index contributed by atoms with van der Waals surface area (Å²) in [4.78, 5) is 0. The van der Waals surface area contributed by atoms with Gasteiger partial charge in [-0.3, -0.25) is 4.68 Å². The summed E-state index contributed by atoms with van der Waals surface area (Å²) in [5, 5.41) is 5.19. The largest absolute Gasteiger partial charge is 0.383 e. The van der Waals surface area contributed by atoms with Crippen molar-refractivity contribution in [1.29, 1.82) is 0 Å². The molecule has 0 fully saturated rings. The Labute approximate surface area is 94.7 Å². The first-order chi connectivity index (χ1) is 6.29. The third-order valence-electron chi connectivity index (χ3n) is 1.74. The van der Waals surface area contributed by atoms with Crippen LogP contribution in [0.25, 0.3) is 0 Å². The van der Waals surface area contributed by atoms with Crippen molar-refractivity contribution in [1.82, 2.24) is 9.78 Å². The summed E-state index contributed by atoms with van der Waals surface area (Å²) < 4.78 is 8.04. The van der Waals surface area contributed by atoms with Gasteiger partial charge in [-0.2, -0.15) is 5.10 Å². The zero-order valence-electron chi connectivity index (χ0n) is 7.46. The second kappa shape index (κ2) is 5.78. The van der Waals surface area contributed by atoms with Gasteiger partial charge in [0.15, 0.2) is 0 Å². The third-order valence-corrected chi connectivity index (χ3v) is 2.80. The van der Waals surface area contributed by atoms with E-state index in [0.717, 1.165) is 22.8 Å². The van der Waals surface area contributed by atoms with E-state index < -0.39 is 0 Å². The fraction of sp³-hybridized carbons (Fsp3) is 0.625. The van der Waals surface area contributed by atoms with Gasteiger partial charge in [0.25, 0.3) is 0 Å². The molecule has 0 aromatic carbocycles. The van der Waals surface area contributed by atoms with E-state index >= 15 is 0 Å². The molecule has 0 aliphatic carbocycles. The Kier molecular flexibility index (Phi) is 4.98. The summed E-state index contributed by atoms with van der Waals surface area (Å²) >= 11 is 6.88. The topological polar surface area (TPSA) is 27.1 Å². The van der Waals surface area contributed by atoms with Crippen molar-refractivity contribution in [2.45, 2.75) is 13.0 Å². The van der Waals surface area contributed by atoms with Crippen molar-refractivity contribution in [3.05, 3.63) is 16.4 Å². The minimum absolute atomic E-state index is 0.698. The maximum atomic E-state index is 5.00. The van der Waals surface area contributed by atoms with E-state index in [-0.39, 0.29) is 0 Å². The van der Waals surface area contributed by atoms with Crippen LogP contribution >= 0.6 is 31.9 Å².